The Balaban J connectivity index is 1.46. The zero-order valence-electron chi connectivity index (χ0n) is 14.7. The van der Waals surface area contributed by atoms with Crippen molar-refractivity contribution in [3.63, 3.8) is 0 Å². The van der Waals surface area contributed by atoms with Gasteiger partial charge in [0.2, 0.25) is 5.91 Å². The number of non-ortho nitro benzene ring substituents is 1. The normalized spacial score (nSPS) is 14.3. The van der Waals surface area contributed by atoms with Crippen molar-refractivity contribution < 1.29 is 9.72 Å². The molecule has 0 spiro atoms. The Kier molecular flexibility index (Phi) is 5.84. The van der Waals surface area contributed by atoms with E-state index in [-0.39, 0.29) is 16.5 Å². The van der Waals surface area contributed by atoms with E-state index < -0.39 is 0 Å². The first-order valence-electron chi connectivity index (χ1n) is 8.94. The third-order valence-electron chi connectivity index (χ3n) is 4.74. The van der Waals surface area contributed by atoms with Crippen LogP contribution >= 0.6 is 0 Å². The van der Waals surface area contributed by atoms with Gasteiger partial charge in [-0.15, -0.1) is 0 Å². The molecule has 2 aromatic carbocycles. The fourth-order valence-electron chi connectivity index (χ4n) is 3.26. The molecule has 2 aromatic rings. The number of carbonyl (C=O) groups is 1. The zero-order valence-corrected chi connectivity index (χ0v) is 14.7. The summed E-state index contributed by atoms with van der Waals surface area (Å²) < 4.78 is 0. The molecule has 6 heteroatoms. The van der Waals surface area contributed by atoms with Crippen molar-refractivity contribution in [2.24, 2.45) is 0 Å². The third-order valence-corrected chi connectivity index (χ3v) is 4.74. The highest BCUT2D eigenvalue weighted by Gasteiger charge is 2.21. The maximum absolute atomic E-state index is 12.4. The van der Waals surface area contributed by atoms with Crippen LogP contribution < -0.4 is 4.90 Å². The van der Waals surface area contributed by atoms with Crippen molar-refractivity contribution >= 4 is 17.3 Å². The summed E-state index contributed by atoms with van der Waals surface area (Å²) >= 11 is 0. The van der Waals surface area contributed by atoms with Gasteiger partial charge in [-0.3, -0.25) is 14.9 Å². The van der Waals surface area contributed by atoms with Crippen molar-refractivity contribution in [3.05, 3.63) is 70.3 Å². The van der Waals surface area contributed by atoms with Gasteiger partial charge in [0.05, 0.1) is 4.92 Å². The molecule has 1 aliphatic heterocycles. The van der Waals surface area contributed by atoms with Crippen LogP contribution in [0.1, 0.15) is 18.4 Å². The average molecular weight is 353 g/mol. The molecule has 0 radical (unpaired) electrons. The first-order chi connectivity index (χ1) is 12.6. The van der Waals surface area contributed by atoms with Crippen LogP contribution in [0.15, 0.2) is 54.6 Å². The predicted molar refractivity (Wildman–Crippen MR) is 101 cm³/mol. The maximum Gasteiger partial charge on any atom is 0.271 e. The van der Waals surface area contributed by atoms with Gasteiger partial charge < -0.3 is 9.80 Å². The molecule has 1 aliphatic rings. The van der Waals surface area contributed by atoms with Crippen LogP contribution in [0.5, 0.6) is 0 Å². The van der Waals surface area contributed by atoms with E-state index in [2.05, 4.69) is 17.0 Å². The van der Waals surface area contributed by atoms with Gasteiger partial charge >= 0.3 is 0 Å². The molecule has 0 atom stereocenters. The molecule has 1 fully saturated rings. The zero-order chi connectivity index (χ0) is 18.4. The van der Waals surface area contributed by atoms with Gasteiger partial charge in [-0.1, -0.05) is 36.4 Å². The Hall–Kier alpha value is -2.89. The van der Waals surface area contributed by atoms with E-state index in [1.165, 1.54) is 11.6 Å². The number of benzene rings is 2. The lowest BCUT2D eigenvalue weighted by Gasteiger charge is -2.36. The van der Waals surface area contributed by atoms with E-state index in [1.54, 1.807) is 12.1 Å². The van der Waals surface area contributed by atoms with Crippen LogP contribution in [0.2, 0.25) is 0 Å². The van der Waals surface area contributed by atoms with Crippen molar-refractivity contribution in [1.29, 1.82) is 0 Å². The van der Waals surface area contributed by atoms with Crippen molar-refractivity contribution in [1.82, 2.24) is 4.90 Å². The number of aryl methyl sites for hydroxylation is 1. The number of nitrogens with zero attached hydrogens (tertiary/aromatic N) is 3. The van der Waals surface area contributed by atoms with E-state index in [9.17, 15) is 14.9 Å². The highest BCUT2D eigenvalue weighted by atomic mass is 16.6. The molecule has 3 rings (SSSR count). The Morgan fingerprint density at radius 3 is 2.42 bits per heavy atom. The first-order valence-corrected chi connectivity index (χ1v) is 8.94. The lowest BCUT2D eigenvalue weighted by Crippen LogP contribution is -2.48. The van der Waals surface area contributed by atoms with E-state index in [0.717, 1.165) is 18.5 Å². The van der Waals surface area contributed by atoms with Crippen LogP contribution in [-0.2, 0) is 11.2 Å². The van der Waals surface area contributed by atoms with Crippen LogP contribution in [-0.4, -0.2) is 41.9 Å². The molecule has 1 saturated heterocycles. The lowest BCUT2D eigenvalue weighted by molar-refractivity contribution is -0.384. The number of hydrogen-bond donors (Lipinski definition) is 0. The molecule has 1 heterocycles. The van der Waals surface area contributed by atoms with Gasteiger partial charge in [0.1, 0.15) is 0 Å². The number of hydrogen-bond acceptors (Lipinski definition) is 4. The summed E-state index contributed by atoms with van der Waals surface area (Å²) in [4.78, 5) is 26.9. The number of nitro groups is 1. The summed E-state index contributed by atoms with van der Waals surface area (Å²) in [7, 11) is 0. The summed E-state index contributed by atoms with van der Waals surface area (Å²) in [5.74, 6) is 0.194. The van der Waals surface area contributed by atoms with E-state index in [1.807, 2.05) is 29.2 Å². The van der Waals surface area contributed by atoms with Crippen LogP contribution in [0.25, 0.3) is 0 Å². The molecule has 6 nitrogen and oxygen atoms in total. The minimum atomic E-state index is -0.379. The highest BCUT2D eigenvalue weighted by Crippen LogP contribution is 2.22. The second kappa shape index (κ2) is 8.47. The van der Waals surface area contributed by atoms with Crippen LogP contribution in [0.3, 0.4) is 0 Å². The molecule has 0 N–H and O–H groups in total. The molecule has 0 unspecified atom stereocenters. The lowest BCUT2D eigenvalue weighted by atomic mass is 10.1. The topological polar surface area (TPSA) is 66.7 Å². The predicted octanol–water partition coefficient (Wildman–Crippen LogP) is 3.27. The number of anilines is 1. The van der Waals surface area contributed by atoms with E-state index in [0.29, 0.717) is 32.6 Å². The largest absolute Gasteiger partial charge is 0.368 e. The van der Waals surface area contributed by atoms with E-state index in [4.69, 9.17) is 0 Å². The number of nitro benzene ring substituents is 1. The standard InChI is InChI=1S/C20H23N3O3/c24-20(11-4-8-17-6-2-1-3-7-17)22-14-12-21(13-15-22)18-9-5-10-19(16-18)23(25)26/h1-3,5-7,9-10,16H,4,8,11-15H2. The number of piperazine rings is 1. The van der Waals surface area contributed by atoms with Crippen LogP contribution in [0.4, 0.5) is 11.4 Å². The molecular formula is C20H23N3O3. The molecule has 136 valence electrons. The summed E-state index contributed by atoms with van der Waals surface area (Å²) in [5.41, 5.74) is 2.20. The maximum atomic E-state index is 12.4. The van der Waals surface area contributed by atoms with Gasteiger partial charge in [0.25, 0.3) is 5.69 Å². The first kappa shape index (κ1) is 17.9. The highest BCUT2D eigenvalue weighted by molar-refractivity contribution is 5.76. The van der Waals surface area contributed by atoms with Gasteiger partial charge in [-0.2, -0.15) is 0 Å². The monoisotopic (exact) mass is 353 g/mol. The fraction of sp³-hybridized carbons (Fsp3) is 0.350. The Morgan fingerprint density at radius 2 is 1.73 bits per heavy atom. The number of amides is 1. The molecule has 0 bridgehead atoms. The van der Waals surface area contributed by atoms with Gasteiger partial charge in [0.15, 0.2) is 0 Å². The minimum absolute atomic E-state index is 0.0990. The van der Waals surface area contributed by atoms with Crippen molar-refractivity contribution in [2.75, 3.05) is 31.1 Å². The summed E-state index contributed by atoms with van der Waals surface area (Å²) in [6.45, 7) is 2.72. The van der Waals surface area contributed by atoms with Crippen LogP contribution in [0, 0.1) is 10.1 Å². The summed E-state index contributed by atoms with van der Waals surface area (Å²) in [6.07, 6.45) is 2.33. The molecule has 26 heavy (non-hydrogen) atoms. The minimum Gasteiger partial charge on any atom is -0.368 e. The van der Waals surface area contributed by atoms with Gasteiger partial charge in [-0.05, 0) is 24.5 Å². The molecule has 0 saturated carbocycles. The molecule has 1 amide bonds. The summed E-state index contributed by atoms with van der Waals surface area (Å²) in [6, 6.07) is 16.9. The Labute approximate surface area is 153 Å². The number of carbonyl (C=O) groups excluding carboxylic acids is 1. The smallest absolute Gasteiger partial charge is 0.271 e. The van der Waals surface area contributed by atoms with Gasteiger partial charge in [-0.25, -0.2) is 0 Å². The SMILES string of the molecule is O=C(CCCc1ccccc1)N1CCN(c2cccc([N+](=O)[O-])c2)CC1. The molecular weight excluding hydrogens is 330 g/mol. The second-order valence-electron chi connectivity index (χ2n) is 6.48. The Morgan fingerprint density at radius 1 is 1.00 bits per heavy atom. The quantitative estimate of drug-likeness (QED) is 0.590. The van der Waals surface area contributed by atoms with E-state index >= 15 is 0 Å². The fourth-order valence-corrected chi connectivity index (χ4v) is 3.26. The third kappa shape index (κ3) is 4.59. The Bertz CT molecular complexity index is 756. The second-order valence-corrected chi connectivity index (χ2v) is 6.48. The molecule has 0 aliphatic carbocycles. The molecule has 0 aromatic heterocycles. The van der Waals surface area contributed by atoms with Crippen molar-refractivity contribution in [2.45, 2.75) is 19.3 Å². The van der Waals surface area contributed by atoms with Crippen molar-refractivity contribution in [3.8, 4) is 0 Å². The number of rotatable bonds is 6. The van der Waals surface area contributed by atoms with Gasteiger partial charge in [0, 0.05) is 50.4 Å². The summed E-state index contributed by atoms with van der Waals surface area (Å²) in [5, 5.41) is 10.9. The average Bonchev–Trinajstić information content (AvgIpc) is 2.69.